The van der Waals surface area contributed by atoms with E-state index < -0.39 is 0 Å². The van der Waals surface area contributed by atoms with E-state index in [1.165, 1.54) is 36.4 Å². The molecule has 2 rings (SSSR count). The lowest BCUT2D eigenvalue weighted by atomic mass is 10.1. The van der Waals surface area contributed by atoms with Gasteiger partial charge in [0.25, 0.3) is 5.56 Å². The highest BCUT2D eigenvalue weighted by atomic mass is 16.5. The molecule has 1 aromatic rings. The Morgan fingerprint density at radius 2 is 2.24 bits per heavy atom. The molecule has 5 heteroatoms. The van der Waals surface area contributed by atoms with Gasteiger partial charge in [0, 0.05) is 19.2 Å². The third-order valence-electron chi connectivity index (χ3n) is 3.14. The van der Waals surface area contributed by atoms with Crippen molar-refractivity contribution in [2.24, 2.45) is 11.7 Å². The Morgan fingerprint density at radius 1 is 1.47 bits per heavy atom. The van der Waals surface area contributed by atoms with E-state index >= 15 is 0 Å². The van der Waals surface area contributed by atoms with Gasteiger partial charge in [-0.15, -0.1) is 0 Å². The third kappa shape index (κ3) is 3.30. The van der Waals surface area contributed by atoms with Gasteiger partial charge in [0.1, 0.15) is 12.4 Å². The van der Waals surface area contributed by atoms with Gasteiger partial charge in [-0.1, -0.05) is 12.8 Å². The molecule has 5 nitrogen and oxygen atoms in total. The molecule has 1 aliphatic rings. The largest absolute Gasteiger partial charge is 0.490 e. The zero-order valence-electron chi connectivity index (χ0n) is 9.97. The quantitative estimate of drug-likeness (QED) is 0.821. The number of aromatic nitrogens is 2. The first kappa shape index (κ1) is 12.1. The van der Waals surface area contributed by atoms with Crippen molar-refractivity contribution in [2.75, 3.05) is 13.2 Å². The Kier molecular flexibility index (Phi) is 4.14. The number of ether oxygens (including phenoxy) is 1. The Bertz CT molecular complexity index is 410. The Balaban J connectivity index is 2.00. The van der Waals surface area contributed by atoms with Gasteiger partial charge in [-0.3, -0.25) is 4.79 Å². The first-order valence-electron chi connectivity index (χ1n) is 6.19. The van der Waals surface area contributed by atoms with E-state index in [4.69, 9.17) is 10.5 Å². The van der Waals surface area contributed by atoms with Crippen LogP contribution in [0.5, 0.6) is 5.75 Å². The molecule has 1 fully saturated rings. The first-order chi connectivity index (χ1) is 8.29. The van der Waals surface area contributed by atoms with E-state index in [-0.39, 0.29) is 5.56 Å². The van der Waals surface area contributed by atoms with Crippen LogP contribution in [0.1, 0.15) is 25.7 Å². The molecule has 1 aromatic heterocycles. The van der Waals surface area contributed by atoms with Gasteiger partial charge < -0.3 is 10.5 Å². The normalized spacial score (nSPS) is 16.3. The van der Waals surface area contributed by atoms with Gasteiger partial charge in [0.2, 0.25) is 0 Å². The summed E-state index contributed by atoms with van der Waals surface area (Å²) >= 11 is 0. The predicted molar refractivity (Wildman–Crippen MR) is 65.0 cm³/mol. The van der Waals surface area contributed by atoms with Gasteiger partial charge in [-0.05, 0) is 18.8 Å². The Hall–Kier alpha value is -1.36. The van der Waals surface area contributed by atoms with Gasteiger partial charge in [-0.25, -0.2) is 4.68 Å². The molecule has 2 N–H and O–H groups in total. The van der Waals surface area contributed by atoms with Crippen LogP contribution in [0.2, 0.25) is 0 Å². The zero-order chi connectivity index (χ0) is 12.1. The molecule has 1 heterocycles. The van der Waals surface area contributed by atoms with Crippen LogP contribution in [-0.4, -0.2) is 22.9 Å². The topological polar surface area (TPSA) is 70.1 Å². The Morgan fingerprint density at radius 3 is 2.88 bits per heavy atom. The van der Waals surface area contributed by atoms with E-state index in [9.17, 15) is 4.79 Å². The molecular weight excluding hydrogens is 218 g/mol. The Labute approximate surface area is 101 Å². The highest BCUT2D eigenvalue weighted by molar-refractivity contribution is 5.13. The van der Waals surface area contributed by atoms with Crippen molar-refractivity contribution in [3.05, 3.63) is 22.6 Å². The summed E-state index contributed by atoms with van der Waals surface area (Å²) < 4.78 is 6.79. The fourth-order valence-corrected chi connectivity index (χ4v) is 2.25. The first-order valence-corrected chi connectivity index (χ1v) is 6.19. The standard InChI is InChI=1S/C12H19N3O2/c13-5-6-17-11-7-12(16)15(14-8-11)9-10-3-1-2-4-10/h7-8,10H,1-6,9,13H2. The van der Waals surface area contributed by atoms with Crippen LogP contribution < -0.4 is 16.0 Å². The lowest BCUT2D eigenvalue weighted by molar-refractivity contribution is 0.321. The van der Waals surface area contributed by atoms with Crippen molar-refractivity contribution in [3.63, 3.8) is 0 Å². The van der Waals surface area contributed by atoms with Crippen LogP contribution in [0.25, 0.3) is 0 Å². The van der Waals surface area contributed by atoms with E-state index in [1.54, 1.807) is 6.20 Å². The molecule has 0 bridgehead atoms. The van der Waals surface area contributed by atoms with Gasteiger partial charge in [0.15, 0.2) is 0 Å². The van der Waals surface area contributed by atoms with Gasteiger partial charge in [-0.2, -0.15) is 5.10 Å². The lowest BCUT2D eigenvalue weighted by Crippen LogP contribution is -2.25. The molecule has 0 amide bonds. The maximum Gasteiger partial charge on any atom is 0.270 e. The van der Waals surface area contributed by atoms with Crippen LogP contribution in [0.4, 0.5) is 0 Å². The predicted octanol–water partition coefficient (Wildman–Crippen LogP) is 0.771. The summed E-state index contributed by atoms with van der Waals surface area (Å²) in [7, 11) is 0. The smallest absolute Gasteiger partial charge is 0.270 e. The van der Waals surface area contributed by atoms with Gasteiger partial charge >= 0.3 is 0 Å². The number of hydrogen-bond donors (Lipinski definition) is 1. The van der Waals surface area contributed by atoms with Crippen molar-refractivity contribution < 1.29 is 4.74 Å². The SMILES string of the molecule is NCCOc1cnn(CC2CCCC2)c(=O)c1. The molecule has 17 heavy (non-hydrogen) atoms. The second-order valence-corrected chi connectivity index (χ2v) is 4.50. The van der Waals surface area contributed by atoms with E-state index in [0.29, 0.717) is 24.8 Å². The van der Waals surface area contributed by atoms with Crippen LogP contribution >= 0.6 is 0 Å². The summed E-state index contributed by atoms with van der Waals surface area (Å²) in [6.45, 7) is 1.58. The molecule has 0 aliphatic heterocycles. The molecule has 0 aromatic carbocycles. The van der Waals surface area contributed by atoms with Crippen molar-refractivity contribution in [1.29, 1.82) is 0 Å². The average Bonchev–Trinajstić information content (AvgIpc) is 2.82. The minimum atomic E-state index is -0.0913. The maximum absolute atomic E-state index is 11.8. The summed E-state index contributed by atoms with van der Waals surface area (Å²) in [5, 5.41) is 4.13. The minimum Gasteiger partial charge on any atom is -0.490 e. The second kappa shape index (κ2) is 5.82. The van der Waals surface area contributed by atoms with Crippen LogP contribution in [0.3, 0.4) is 0 Å². The van der Waals surface area contributed by atoms with Crippen LogP contribution in [0.15, 0.2) is 17.1 Å². The number of nitrogens with zero attached hydrogens (tertiary/aromatic N) is 2. The highest BCUT2D eigenvalue weighted by Crippen LogP contribution is 2.25. The van der Waals surface area contributed by atoms with Crippen LogP contribution in [-0.2, 0) is 6.54 Å². The number of hydrogen-bond acceptors (Lipinski definition) is 4. The highest BCUT2D eigenvalue weighted by Gasteiger charge is 2.16. The second-order valence-electron chi connectivity index (χ2n) is 4.50. The van der Waals surface area contributed by atoms with E-state index in [2.05, 4.69) is 5.10 Å². The molecule has 0 saturated heterocycles. The molecule has 0 radical (unpaired) electrons. The average molecular weight is 237 g/mol. The molecule has 0 spiro atoms. The fraction of sp³-hybridized carbons (Fsp3) is 0.667. The monoisotopic (exact) mass is 237 g/mol. The van der Waals surface area contributed by atoms with Crippen molar-refractivity contribution in [1.82, 2.24) is 9.78 Å². The summed E-state index contributed by atoms with van der Waals surface area (Å²) in [6, 6.07) is 1.48. The molecular formula is C12H19N3O2. The molecule has 0 unspecified atom stereocenters. The number of rotatable bonds is 5. The summed E-state index contributed by atoms with van der Waals surface area (Å²) in [5.41, 5.74) is 5.23. The minimum absolute atomic E-state index is 0.0913. The van der Waals surface area contributed by atoms with E-state index in [1.807, 2.05) is 0 Å². The van der Waals surface area contributed by atoms with Crippen molar-refractivity contribution in [3.8, 4) is 5.75 Å². The lowest BCUT2D eigenvalue weighted by Gasteiger charge is -2.11. The number of nitrogens with two attached hydrogens (primary N) is 1. The summed E-state index contributed by atoms with van der Waals surface area (Å²) in [4.78, 5) is 11.8. The molecule has 94 valence electrons. The van der Waals surface area contributed by atoms with Crippen molar-refractivity contribution in [2.45, 2.75) is 32.2 Å². The van der Waals surface area contributed by atoms with Crippen molar-refractivity contribution >= 4 is 0 Å². The summed E-state index contributed by atoms with van der Waals surface area (Å²) in [5.74, 6) is 1.11. The zero-order valence-corrected chi connectivity index (χ0v) is 9.97. The fourth-order valence-electron chi connectivity index (χ4n) is 2.25. The van der Waals surface area contributed by atoms with Gasteiger partial charge in [0.05, 0.1) is 6.20 Å². The molecule has 1 saturated carbocycles. The summed E-state index contributed by atoms with van der Waals surface area (Å²) in [6.07, 6.45) is 6.55. The van der Waals surface area contributed by atoms with E-state index in [0.717, 1.165) is 6.54 Å². The third-order valence-corrected chi connectivity index (χ3v) is 3.14. The molecule has 1 aliphatic carbocycles. The molecule has 0 atom stereocenters. The maximum atomic E-state index is 11.8. The van der Waals surface area contributed by atoms with Crippen LogP contribution in [0, 0.1) is 5.92 Å².